The number of hydrogen-bond donors (Lipinski definition) is 0. The molecule has 1 heterocycles. The fourth-order valence-corrected chi connectivity index (χ4v) is 1.96. The lowest BCUT2D eigenvalue weighted by Gasteiger charge is -2.12. The molecule has 0 spiro atoms. The van der Waals surface area contributed by atoms with E-state index in [9.17, 15) is 0 Å². The summed E-state index contributed by atoms with van der Waals surface area (Å²) < 4.78 is 10.6. The molecule has 0 bridgehead atoms. The molecule has 0 saturated heterocycles. The zero-order valence-corrected chi connectivity index (χ0v) is 11.7. The predicted octanol–water partition coefficient (Wildman–Crippen LogP) is 2.54. The molecule has 0 aliphatic heterocycles. The van der Waals surface area contributed by atoms with E-state index in [2.05, 4.69) is 9.97 Å². The molecule has 102 valence electrons. The van der Waals surface area contributed by atoms with Crippen molar-refractivity contribution >= 4 is 0 Å². The first-order valence-corrected chi connectivity index (χ1v) is 6.11. The smallest absolute Gasteiger partial charge is 0.161 e. The van der Waals surface area contributed by atoms with Crippen LogP contribution in [0.1, 0.15) is 11.4 Å². The summed E-state index contributed by atoms with van der Waals surface area (Å²) in [6, 6.07) is 7.65. The quantitative estimate of drug-likeness (QED) is 0.853. The number of aromatic nitrogens is 2. The lowest BCUT2D eigenvalue weighted by Crippen LogP contribution is -1.98. The van der Waals surface area contributed by atoms with E-state index in [0.717, 1.165) is 16.8 Å². The van der Waals surface area contributed by atoms with E-state index in [0.29, 0.717) is 17.3 Å². The second-order valence-corrected chi connectivity index (χ2v) is 4.22. The monoisotopic (exact) mass is 269 g/mol. The summed E-state index contributed by atoms with van der Waals surface area (Å²) in [7, 11) is 3.20. The first kappa shape index (κ1) is 13.8. The van der Waals surface area contributed by atoms with Gasteiger partial charge in [0.15, 0.2) is 11.5 Å². The van der Waals surface area contributed by atoms with Crippen molar-refractivity contribution in [3.8, 4) is 28.8 Å². The largest absolute Gasteiger partial charge is 0.493 e. The molecular weight excluding hydrogens is 254 g/mol. The Labute approximate surface area is 117 Å². The molecule has 1 aromatic carbocycles. The first-order chi connectivity index (χ1) is 9.69. The van der Waals surface area contributed by atoms with Crippen LogP contribution in [0.4, 0.5) is 0 Å². The predicted molar refractivity (Wildman–Crippen MR) is 74.6 cm³/mol. The van der Waals surface area contributed by atoms with Crippen LogP contribution in [0.2, 0.25) is 0 Å². The SMILES string of the molecule is COc1cc(C)c(-c2ccnc(CC#N)n2)cc1OC. The molecule has 0 aliphatic rings. The molecular formula is C15H15N3O2. The highest BCUT2D eigenvalue weighted by Gasteiger charge is 2.11. The van der Waals surface area contributed by atoms with Crippen LogP contribution >= 0.6 is 0 Å². The maximum Gasteiger partial charge on any atom is 0.161 e. The number of rotatable bonds is 4. The Morgan fingerprint density at radius 1 is 1.20 bits per heavy atom. The van der Waals surface area contributed by atoms with Gasteiger partial charge in [0, 0.05) is 11.8 Å². The van der Waals surface area contributed by atoms with Gasteiger partial charge in [-0.2, -0.15) is 5.26 Å². The molecule has 1 aromatic heterocycles. The summed E-state index contributed by atoms with van der Waals surface area (Å²) in [5.41, 5.74) is 2.72. The highest BCUT2D eigenvalue weighted by atomic mass is 16.5. The van der Waals surface area contributed by atoms with Gasteiger partial charge in [0.1, 0.15) is 5.82 Å². The lowest BCUT2D eigenvalue weighted by molar-refractivity contribution is 0.355. The second-order valence-electron chi connectivity index (χ2n) is 4.22. The number of methoxy groups -OCH3 is 2. The van der Waals surface area contributed by atoms with Crippen LogP contribution in [0.25, 0.3) is 11.3 Å². The Bertz CT molecular complexity index is 663. The van der Waals surface area contributed by atoms with Gasteiger partial charge in [-0.15, -0.1) is 0 Å². The zero-order valence-electron chi connectivity index (χ0n) is 11.7. The molecule has 20 heavy (non-hydrogen) atoms. The van der Waals surface area contributed by atoms with Crippen LogP contribution in [0.3, 0.4) is 0 Å². The summed E-state index contributed by atoms with van der Waals surface area (Å²) in [4.78, 5) is 8.47. The number of nitrogens with zero attached hydrogens (tertiary/aromatic N) is 3. The number of ether oxygens (including phenoxy) is 2. The molecule has 0 fully saturated rings. The summed E-state index contributed by atoms with van der Waals surface area (Å²) in [6.07, 6.45) is 1.85. The standard InChI is InChI=1S/C15H15N3O2/c1-10-8-13(19-2)14(20-3)9-11(10)12-5-7-17-15(18-12)4-6-16/h5,7-9H,4H2,1-3H3. The molecule has 2 aromatic rings. The van der Waals surface area contributed by atoms with Crippen molar-refractivity contribution in [3.63, 3.8) is 0 Å². The number of nitriles is 1. The van der Waals surface area contributed by atoms with E-state index >= 15 is 0 Å². The van der Waals surface area contributed by atoms with Gasteiger partial charge in [-0.25, -0.2) is 9.97 Å². The van der Waals surface area contributed by atoms with Crippen LogP contribution in [-0.4, -0.2) is 24.2 Å². The maximum absolute atomic E-state index is 8.72. The minimum Gasteiger partial charge on any atom is -0.493 e. The van der Waals surface area contributed by atoms with Crippen LogP contribution in [0.5, 0.6) is 11.5 Å². The highest BCUT2D eigenvalue weighted by molar-refractivity contribution is 5.68. The maximum atomic E-state index is 8.72. The molecule has 0 aliphatic carbocycles. The van der Waals surface area contributed by atoms with Crippen molar-refractivity contribution in [2.45, 2.75) is 13.3 Å². The third-order valence-electron chi connectivity index (χ3n) is 2.95. The van der Waals surface area contributed by atoms with E-state index < -0.39 is 0 Å². The van der Waals surface area contributed by atoms with E-state index in [-0.39, 0.29) is 6.42 Å². The van der Waals surface area contributed by atoms with Crippen LogP contribution in [0.15, 0.2) is 24.4 Å². The van der Waals surface area contributed by atoms with Gasteiger partial charge >= 0.3 is 0 Å². The zero-order chi connectivity index (χ0) is 14.5. The van der Waals surface area contributed by atoms with Gasteiger partial charge in [0.25, 0.3) is 0 Å². The summed E-state index contributed by atoms with van der Waals surface area (Å²) in [5.74, 6) is 1.84. The fourth-order valence-electron chi connectivity index (χ4n) is 1.96. The number of aryl methyl sites for hydroxylation is 1. The lowest BCUT2D eigenvalue weighted by atomic mass is 10.0. The Balaban J connectivity index is 2.52. The third-order valence-corrected chi connectivity index (χ3v) is 2.95. The van der Waals surface area contributed by atoms with E-state index in [1.807, 2.05) is 31.2 Å². The minimum absolute atomic E-state index is 0.195. The highest BCUT2D eigenvalue weighted by Crippen LogP contribution is 2.34. The molecule has 0 atom stereocenters. The molecule has 0 unspecified atom stereocenters. The first-order valence-electron chi connectivity index (χ1n) is 6.11. The average Bonchev–Trinajstić information content (AvgIpc) is 2.47. The van der Waals surface area contributed by atoms with E-state index in [1.165, 1.54) is 0 Å². The molecule has 5 heteroatoms. The molecule has 0 N–H and O–H groups in total. The number of benzene rings is 1. The van der Waals surface area contributed by atoms with Crippen LogP contribution in [-0.2, 0) is 6.42 Å². The van der Waals surface area contributed by atoms with Gasteiger partial charge < -0.3 is 9.47 Å². The Morgan fingerprint density at radius 3 is 2.55 bits per heavy atom. The van der Waals surface area contributed by atoms with Crippen molar-refractivity contribution < 1.29 is 9.47 Å². The minimum atomic E-state index is 0.195. The average molecular weight is 269 g/mol. The summed E-state index contributed by atoms with van der Waals surface area (Å²) in [5, 5.41) is 8.72. The Morgan fingerprint density at radius 2 is 1.90 bits per heavy atom. The molecule has 0 amide bonds. The van der Waals surface area contributed by atoms with Gasteiger partial charge in [0.2, 0.25) is 0 Å². The van der Waals surface area contributed by atoms with Crippen LogP contribution < -0.4 is 9.47 Å². The molecule has 5 nitrogen and oxygen atoms in total. The van der Waals surface area contributed by atoms with Crippen molar-refractivity contribution in [2.24, 2.45) is 0 Å². The Hall–Kier alpha value is -2.61. The fraction of sp³-hybridized carbons (Fsp3) is 0.267. The topological polar surface area (TPSA) is 68.0 Å². The van der Waals surface area contributed by atoms with Crippen molar-refractivity contribution in [1.29, 1.82) is 5.26 Å². The van der Waals surface area contributed by atoms with Gasteiger partial charge in [-0.3, -0.25) is 0 Å². The third kappa shape index (κ3) is 2.69. The molecule has 0 saturated carbocycles. The van der Waals surface area contributed by atoms with E-state index in [1.54, 1.807) is 20.4 Å². The molecule has 0 radical (unpaired) electrons. The molecule has 2 rings (SSSR count). The number of hydrogen-bond acceptors (Lipinski definition) is 5. The Kier molecular flexibility index (Phi) is 4.16. The van der Waals surface area contributed by atoms with Crippen molar-refractivity contribution in [1.82, 2.24) is 9.97 Å². The second kappa shape index (κ2) is 6.02. The van der Waals surface area contributed by atoms with Gasteiger partial charge in [-0.1, -0.05) is 0 Å². The van der Waals surface area contributed by atoms with Gasteiger partial charge in [0.05, 0.1) is 32.4 Å². The van der Waals surface area contributed by atoms with Gasteiger partial charge in [-0.05, 0) is 30.7 Å². The van der Waals surface area contributed by atoms with Crippen molar-refractivity contribution in [2.75, 3.05) is 14.2 Å². The summed E-state index contributed by atoms with van der Waals surface area (Å²) in [6.45, 7) is 1.98. The van der Waals surface area contributed by atoms with Crippen LogP contribution in [0, 0.1) is 18.3 Å². The normalized spacial score (nSPS) is 9.90. The summed E-state index contributed by atoms with van der Waals surface area (Å²) >= 11 is 0. The van der Waals surface area contributed by atoms with E-state index in [4.69, 9.17) is 14.7 Å². The van der Waals surface area contributed by atoms with Crippen molar-refractivity contribution in [3.05, 3.63) is 35.8 Å².